The van der Waals surface area contributed by atoms with Crippen molar-refractivity contribution >= 4 is 5.91 Å². The lowest BCUT2D eigenvalue weighted by Gasteiger charge is -2.37. The van der Waals surface area contributed by atoms with E-state index in [9.17, 15) is 18.0 Å². The number of hydrazine groups is 1. The first-order valence-electron chi connectivity index (χ1n) is 10.0. The first-order chi connectivity index (χ1) is 13.1. The van der Waals surface area contributed by atoms with Crippen molar-refractivity contribution < 1.29 is 22.7 Å². The molecule has 1 atom stereocenters. The summed E-state index contributed by atoms with van der Waals surface area (Å²) >= 11 is 0. The van der Waals surface area contributed by atoms with Crippen molar-refractivity contribution in [1.29, 1.82) is 0 Å². The standard InChI is InChI=1S/C21H31F3N2O2/c1-4-5-6-7-8-9-14-28-17-12-10-16(11-13-17)19(21(22,23)24)26-20(2,3)15-18(27)25-26/h10-13,19H,4-9,14-15H2,1-3H3,(H,25,27). The Labute approximate surface area is 165 Å². The number of amides is 1. The number of hydrogen-bond acceptors (Lipinski definition) is 3. The third-order valence-corrected chi connectivity index (χ3v) is 5.02. The Morgan fingerprint density at radius 3 is 2.25 bits per heavy atom. The van der Waals surface area contributed by atoms with Crippen LogP contribution in [0.1, 0.15) is 77.3 Å². The summed E-state index contributed by atoms with van der Waals surface area (Å²) in [5, 5.41) is 1.02. The van der Waals surface area contributed by atoms with Crippen LogP contribution in [-0.4, -0.2) is 29.2 Å². The molecular weight excluding hydrogens is 369 g/mol. The topological polar surface area (TPSA) is 41.6 Å². The monoisotopic (exact) mass is 400 g/mol. The zero-order valence-electron chi connectivity index (χ0n) is 16.9. The summed E-state index contributed by atoms with van der Waals surface area (Å²) in [5.74, 6) is 0.154. The lowest BCUT2D eigenvalue weighted by Crippen LogP contribution is -2.51. The van der Waals surface area contributed by atoms with E-state index in [0.29, 0.717) is 12.4 Å². The molecule has 0 aromatic heterocycles. The minimum atomic E-state index is -4.52. The van der Waals surface area contributed by atoms with Gasteiger partial charge in [-0.25, -0.2) is 0 Å². The van der Waals surface area contributed by atoms with Gasteiger partial charge in [0.15, 0.2) is 6.04 Å². The number of rotatable bonds is 10. The molecule has 1 aromatic carbocycles. The number of alkyl halides is 3. The van der Waals surface area contributed by atoms with Crippen molar-refractivity contribution in [3.8, 4) is 5.75 Å². The lowest BCUT2D eigenvalue weighted by atomic mass is 9.97. The normalized spacial score (nSPS) is 18.1. The number of halogens is 3. The van der Waals surface area contributed by atoms with E-state index in [4.69, 9.17) is 4.74 Å². The number of carbonyl (C=O) groups excluding carboxylic acids is 1. The van der Waals surface area contributed by atoms with Gasteiger partial charge in [-0.2, -0.15) is 18.2 Å². The predicted octanol–water partition coefficient (Wildman–Crippen LogP) is 5.54. The summed E-state index contributed by atoms with van der Waals surface area (Å²) in [4.78, 5) is 11.7. The minimum Gasteiger partial charge on any atom is -0.494 e. The van der Waals surface area contributed by atoms with E-state index in [1.54, 1.807) is 26.0 Å². The molecule has 158 valence electrons. The number of benzene rings is 1. The Morgan fingerprint density at radius 1 is 1.11 bits per heavy atom. The molecule has 0 spiro atoms. The summed E-state index contributed by atoms with van der Waals surface area (Å²) in [7, 11) is 0. The van der Waals surface area contributed by atoms with E-state index in [-0.39, 0.29) is 12.0 Å². The highest BCUT2D eigenvalue weighted by molar-refractivity contribution is 5.79. The molecule has 1 saturated heterocycles. The maximum atomic E-state index is 13.8. The van der Waals surface area contributed by atoms with Gasteiger partial charge in [0.1, 0.15) is 5.75 Å². The van der Waals surface area contributed by atoms with E-state index in [0.717, 1.165) is 17.9 Å². The van der Waals surface area contributed by atoms with Crippen molar-refractivity contribution in [1.82, 2.24) is 10.4 Å². The van der Waals surface area contributed by atoms with E-state index in [1.165, 1.54) is 37.8 Å². The van der Waals surface area contributed by atoms with Crippen molar-refractivity contribution in [2.75, 3.05) is 6.61 Å². The molecule has 1 heterocycles. The van der Waals surface area contributed by atoms with Gasteiger partial charge in [0, 0.05) is 12.0 Å². The summed E-state index contributed by atoms with van der Waals surface area (Å²) in [6, 6.07) is 4.08. The highest BCUT2D eigenvalue weighted by atomic mass is 19.4. The molecule has 1 unspecified atom stereocenters. The van der Waals surface area contributed by atoms with Crippen LogP contribution in [0.5, 0.6) is 5.75 Å². The highest BCUT2D eigenvalue weighted by Crippen LogP contribution is 2.42. The molecule has 28 heavy (non-hydrogen) atoms. The first-order valence-corrected chi connectivity index (χ1v) is 10.0. The molecule has 1 N–H and O–H groups in total. The number of nitrogens with zero attached hydrogens (tertiary/aromatic N) is 1. The summed E-state index contributed by atoms with van der Waals surface area (Å²) in [6.07, 6.45) is 2.41. The van der Waals surface area contributed by atoms with Gasteiger partial charge in [-0.1, -0.05) is 51.2 Å². The molecule has 1 aliphatic heterocycles. The van der Waals surface area contributed by atoms with E-state index in [1.807, 2.05) is 0 Å². The van der Waals surface area contributed by atoms with Crippen molar-refractivity contribution in [2.24, 2.45) is 0 Å². The van der Waals surface area contributed by atoms with Gasteiger partial charge in [-0.3, -0.25) is 10.2 Å². The van der Waals surface area contributed by atoms with Crippen LogP contribution in [0.3, 0.4) is 0 Å². The molecule has 1 aliphatic rings. The van der Waals surface area contributed by atoms with Crippen LogP contribution in [-0.2, 0) is 4.79 Å². The third-order valence-electron chi connectivity index (χ3n) is 5.02. The fourth-order valence-electron chi connectivity index (χ4n) is 3.52. The Balaban J connectivity index is 1.98. The van der Waals surface area contributed by atoms with Crippen LogP contribution in [0.2, 0.25) is 0 Å². The number of hydrogen-bond donors (Lipinski definition) is 1. The second-order valence-corrected chi connectivity index (χ2v) is 8.02. The van der Waals surface area contributed by atoms with Gasteiger partial charge >= 0.3 is 6.18 Å². The molecule has 0 bridgehead atoms. The van der Waals surface area contributed by atoms with Gasteiger partial charge in [0.2, 0.25) is 5.91 Å². The molecule has 2 rings (SSSR count). The predicted molar refractivity (Wildman–Crippen MR) is 103 cm³/mol. The molecule has 7 heteroatoms. The van der Waals surface area contributed by atoms with Crippen molar-refractivity contribution in [2.45, 2.75) is 83.5 Å². The van der Waals surface area contributed by atoms with Gasteiger partial charge in [0.05, 0.1) is 6.61 Å². The van der Waals surface area contributed by atoms with Crippen LogP contribution in [0, 0.1) is 0 Å². The maximum absolute atomic E-state index is 13.8. The molecule has 1 aromatic rings. The number of unbranched alkanes of at least 4 members (excludes halogenated alkanes) is 5. The van der Waals surface area contributed by atoms with Crippen LogP contribution in [0.25, 0.3) is 0 Å². The Morgan fingerprint density at radius 2 is 1.71 bits per heavy atom. The Bertz CT molecular complexity index is 630. The maximum Gasteiger partial charge on any atom is 0.409 e. The van der Waals surface area contributed by atoms with Crippen molar-refractivity contribution in [3.63, 3.8) is 0 Å². The summed E-state index contributed by atoms with van der Waals surface area (Å²) < 4.78 is 47.0. The van der Waals surface area contributed by atoms with Gasteiger partial charge in [0.25, 0.3) is 0 Å². The second-order valence-electron chi connectivity index (χ2n) is 8.02. The zero-order valence-corrected chi connectivity index (χ0v) is 16.9. The fourth-order valence-corrected chi connectivity index (χ4v) is 3.52. The smallest absolute Gasteiger partial charge is 0.409 e. The molecule has 0 aliphatic carbocycles. The number of nitrogens with one attached hydrogen (secondary N) is 1. The van der Waals surface area contributed by atoms with E-state index < -0.39 is 23.7 Å². The average molecular weight is 400 g/mol. The SMILES string of the molecule is CCCCCCCCOc1ccc(C(N2NC(=O)CC2(C)C)C(F)(F)F)cc1. The summed E-state index contributed by atoms with van der Waals surface area (Å²) in [5.41, 5.74) is 1.52. The Hall–Kier alpha value is -1.76. The molecule has 1 amide bonds. The molecule has 1 fully saturated rings. The minimum absolute atomic E-state index is 0.0268. The molecular formula is C21H31F3N2O2. The summed E-state index contributed by atoms with van der Waals surface area (Å²) in [6.45, 7) is 5.99. The average Bonchev–Trinajstić information content (AvgIpc) is 2.86. The van der Waals surface area contributed by atoms with Crippen LogP contribution < -0.4 is 10.2 Å². The largest absolute Gasteiger partial charge is 0.494 e. The van der Waals surface area contributed by atoms with Gasteiger partial charge < -0.3 is 4.74 Å². The van der Waals surface area contributed by atoms with Crippen LogP contribution in [0.4, 0.5) is 13.2 Å². The molecule has 0 radical (unpaired) electrons. The highest BCUT2D eigenvalue weighted by Gasteiger charge is 2.52. The van der Waals surface area contributed by atoms with Gasteiger partial charge in [-0.15, -0.1) is 0 Å². The Kier molecular flexibility index (Phi) is 7.75. The zero-order chi connectivity index (χ0) is 20.8. The molecule has 0 saturated carbocycles. The van der Waals surface area contributed by atoms with E-state index >= 15 is 0 Å². The number of ether oxygens (including phenoxy) is 1. The quantitative estimate of drug-likeness (QED) is 0.524. The van der Waals surface area contributed by atoms with Gasteiger partial charge in [-0.05, 0) is 38.0 Å². The van der Waals surface area contributed by atoms with Crippen LogP contribution >= 0.6 is 0 Å². The van der Waals surface area contributed by atoms with Crippen LogP contribution in [0.15, 0.2) is 24.3 Å². The first kappa shape index (κ1) is 22.5. The molecule has 4 nitrogen and oxygen atoms in total. The fraction of sp³-hybridized carbons (Fsp3) is 0.667. The lowest BCUT2D eigenvalue weighted by molar-refractivity contribution is -0.203. The van der Waals surface area contributed by atoms with E-state index in [2.05, 4.69) is 12.3 Å². The van der Waals surface area contributed by atoms with Crippen molar-refractivity contribution in [3.05, 3.63) is 29.8 Å². The number of carbonyl (C=O) groups is 1. The second kappa shape index (κ2) is 9.63. The third kappa shape index (κ3) is 6.12.